The molecule has 52 nitrogen and oxygen atoms in total. The molecule has 0 radical (unpaired) electrons. The third-order valence-electron chi connectivity index (χ3n) is 8.96. The second-order valence-corrected chi connectivity index (χ2v) is 25.0. The zero-order valence-electron chi connectivity index (χ0n) is 42.2. The van der Waals surface area contributed by atoms with E-state index in [9.17, 15) is 97.8 Å². The first-order valence-corrected chi connectivity index (χ1v) is 32.1. The average molecular weight is 1420 g/mol. The molecule has 0 spiro atoms. The summed E-state index contributed by atoms with van der Waals surface area (Å²) in [6.07, 6.45) is -44.3. The fourth-order valence-corrected chi connectivity index (χ4v) is 8.75. The monoisotopic (exact) mass is 1420 g/mol. The summed E-state index contributed by atoms with van der Waals surface area (Å²) in [5, 5.41) is 136. The minimum Gasteiger partial charge on any atom is -0.853 e. The fraction of sp³-hybridized carbons (Fsp3) is 1.00. The lowest BCUT2D eigenvalue weighted by molar-refractivity contribution is -0.622. The Labute approximate surface area is 467 Å². The molecule has 0 unspecified atom stereocenters. The standard InChI is InChI=1S/4C6H11O12P2.4H3N/c4*7-3-2(1-16-19(10,11)12)17-6(5(9)4(3)8)18-20(13,14)15;;;;/h4*2-6H,1H2,(H2,10,11,12)(H2,13,14,15);4*1H3/q4*-3;;;;/p+4/t4*2-,3-,4+,5-,6-;;;;/m1110..../s1. The maximum atomic E-state index is 11.4. The molecular weight excluding hydrogens is 1360 g/mol. The summed E-state index contributed by atoms with van der Waals surface area (Å²) in [5.74, 6) is 0. The van der Waals surface area contributed by atoms with Gasteiger partial charge in [-0.1, -0.05) is 24.4 Å². The Morgan fingerprint density at radius 3 is 0.476 bits per heavy atom. The third-order valence-corrected chi connectivity index (χ3v) is 12.8. The predicted octanol–water partition coefficient (Wildman–Crippen LogP) is -18.0. The first kappa shape index (κ1) is 90.5. The Bertz CT molecular complexity index is 1980. The normalized spacial score (nSPS) is 34.3. The van der Waals surface area contributed by atoms with E-state index < -0.39 is 212 Å². The zero-order chi connectivity index (χ0) is 62.9. The lowest BCUT2D eigenvalue weighted by Crippen LogP contribution is -2.71. The molecule has 84 heavy (non-hydrogen) atoms. The van der Waals surface area contributed by atoms with Crippen LogP contribution in [0.1, 0.15) is 0 Å². The van der Waals surface area contributed by atoms with E-state index in [4.69, 9.17) is 78.3 Å². The van der Waals surface area contributed by atoms with Crippen LogP contribution in [0.5, 0.6) is 0 Å². The van der Waals surface area contributed by atoms with Gasteiger partial charge in [0.15, 0.2) is 25.2 Å². The van der Waals surface area contributed by atoms with E-state index in [-0.39, 0.29) is 24.6 Å². The van der Waals surface area contributed by atoms with Crippen LogP contribution in [-0.4, -0.2) is 228 Å². The van der Waals surface area contributed by atoms with Crippen LogP contribution < -0.4 is 85.9 Å². The van der Waals surface area contributed by atoms with E-state index in [0.717, 1.165) is 0 Å². The summed E-state index contributed by atoms with van der Waals surface area (Å²) in [6.45, 7) is -4.15. The molecule has 0 aromatic carbocycles. The van der Waals surface area contributed by atoms with Crippen LogP contribution in [0.4, 0.5) is 0 Å². The molecule has 0 aliphatic carbocycles. The summed E-state index contributed by atoms with van der Waals surface area (Å²) in [5.41, 5.74) is 0. The van der Waals surface area contributed by atoms with E-state index in [1.165, 1.54) is 0 Å². The van der Waals surface area contributed by atoms with Crippen LogP contribution >= 0.6 is 62.6 Å². The quantitative estimate of drug-likeness (QED) is 0.0503. The first-order chi connectivity index (χ1) is 35.6. The second kappa shape index (κ2) is 36.4. The molecule has 0 amide bonds. The van der Waals surface area contributed by atoms with E-state index in [2.05, 4.69) is 55.1 Å². The van der Waals surface area contributed by atoms with Crippen molar-refractivity contribution in [3.8, 4) is 0 Å². The van der Waals surface area contributed by atoms with E-state index >= 15 is 0 Å². The van der Waals surface area contributed by atoms with Crippen LogP contribution in [0.25, 0.3) is 0 Å². The van der Waals surface area contributed by atoms with Crippen LogP contribution in [0.15, 0.2) is 0 Å². The van der Waals surface area contributed by atoms with Gasteiger partial charge in [0.05, 0.1) is 50.8 Å². The molecule has 0 bridgehead atoms. The first-order valence-electron chi connectivity index (χ1n) is 19.9. The van der Waals surface area contributed by atoms with Gasteiger partial charge in [0.1, 0.15) is 0 Å². The maximum Gasteiger partial charge on any atom is 0.471 e. The van der Waals surface area contributed by atoms with Crippen LogP contribution in [0.3, 0.4) is 0 Å². The Kier molecular flexibility index (Phi) is 39.2. The molecular formula is C24H60N4O48P8-8. The fourth-order valence-electron chi connectivity index (χ4n) is 5.62. The Morgan fingerprint density at radius 1 is 0.238 bits per heavy atom. The summed E-state index contributed by atoms with van der Waals surface area (Å²) in [7, 11) is -40.4. The van der Waals surface area contributed by atoms with Gasteiger partial charge in [0.25, 0.3) is 0 Å². The van der Waals surface area contributed by atoms with Gasteiger partial charge in [0, 0.05) is 0 Å². The van der Waals surface area contributed by atoms with Crippen molar-refractivity contribution < 1.29 is 231 Å². The summed E-state index contributed by atoms with van der Waals surface area (Å²) >= 11 is 0. The molecule has 512 valence electrons. The Morgan fingerprint density at radius 2 is 0.369 bits per heavy atom. The molecule has 4 saturated heterocycles. The molecule has 4 fully saturated rings. The minimum absolute atomic E-state index is 0. The highest BCUT2D eigenvalue weighted by Crippen LogP contribution is 2.45. The topological polar surface area (TPSA) is 994 Å². The number of phosphoric ester groups is 8. The van der Waals surface area contributed by atoms with Crippen molar-refractivity contribution >= 4 is 62.6 Å². The van der Waals surface area contributed by atoms with Gasteiger partial charge in [-0.25, -0.2) is 36.5 Å². The lowest BCUT2D eigenvalue weighted by atomic mass is 10.00. The SMILES string of the molecule is O=P(O)(O)OC[C@@H]1O[C@@H](OP(=O)(O)O)[C@@H]([O-])[C@H]([O-])[C@H]1[O-].O=P(O)(O)OC[C@H]1O[C@H](OP(=O)(O)O)[C@H]([O-])[C@@H]([O-])[C@@H]1[O-].O=P(O)(O)OC[C@H]1O[C@H](OP(=O)(O)O)[C@H]([O-])[C@@H]([O-])[C@@H]1[O-].O=P(O)(O)OC[C@H]1O[C@H](OP(=O)(O)O)[C@H]([O-])[C@@H]([O-])[C@@H]1[O-].[NH4+].[NH4+].[NH4+].[NH4+]. The van der Waals surface area contributed by atoms with E-state index in [1.54, 1.807) is 0 Å². The highest BCUT2D eigenvalue weighted by molar-refractivity contribution is 7.48. The van der Waals surface area contributed by atoms with Crippen molar-refractivity contribution in [2.45, 2.75) is 123 Å². The van der Waals surface area contributed by atoms with E-state index in [1.807, 2.05) is 0 Å². The molecule has 4 heterocycles. The average Bonchev–Trinajstić information content (AvgIpc) is 3.26. The van der Waals surface area contributed by atoms with Crippen LogP contribution in [-0.2, 0) is 91.7 Å². The van der Waals surface area contributed by atoms with Crippen LogP contribution in [0, 0.1) is 0 Å². The summed E-state index contributed by atoms with van der Waals surface area (Å²) in [6, 6.07) is 0. The van der Waals surface area contributed by atoms with Gasteiger partial charge in [-0.05, 0) is 0 Å². The Hall–Kier alpha value is 0.0800. The largest absolute Gasteiger partial charge is 0.853 e. The number of rotatable bonds is 20. The minimum atomic E-state index is -5.16. The van der Waals surface area contributed by atoms with Gasteiger partial charge in [-0.3, -0.25) is 36.2 Å². The zero-order valence-corrected chi connectivity index (χ0v) is 49.3. The molecule has 4 aliphatic heterocycles. The highest BCUT2D eigenvalue weighted by Gasteiger charge is 2.40. The maximum absolute atomic E-state index is 11.4. The summed E-state index contributed by atoms with van der Waals surface area (Å²) < 4.78 is 134. The van der Waals surface area contributed by atoms with Gasteiger partial charge in [-0.2, -0.15) is 0 Å². The second-order valence-electron chi connectivity index (χ2n) is 15.3. The molecule has 4 rings (SSSR count). The van der Waals surface area contributed by atoms with Gasteiger partial charge in [-0.15, -0.1) is 48.8 Å². The molecule has 4 aliphatic rings. The summed E-state index contributed by atoms with van der Waals surface area (Å²) in [4.78, 5) is 136. The van der Waals surface area contributed by atoms with Crippen molar-refractivity contribution in [2.75, 3.05) is 26.4 Å². The van der Waals surface area contributed by atoms with Gasteiger partial charge >= 0.3 is 62.6 Å². The number of phosphoric acid groups is 8. The number of hydrogen-bond donors (Lipinski definition) is 20. The number of hydrogen-bond acceptors (Lipinski definition) is 32. The number of ether oxygens (including phenoxy) is 4. The molecule has 0 aromatic heterocycles. The number of quaternary nitrogens is 4. The van der Waals surface area contributed by atoms with Crippen molar-refractivity contribution in [3.63, 3.8) is 0 Å². The third kappa shape index (κ3) is 35.0. The molecule has 0 saturated carbocycles. The smallest absolute Gasteiger partial charge is 0.471 e. The highest BCUT2D eigenvalue weighted by atomic mass is 31.2. The predicted molar refractivity (Wildman–Crippen MR) is 229 cm³/mol. The molecule has 20 atom stereocenters. The van der Waals surface area contributed by atoms with Crippen molar-refractivity contribution in [3.05, 3.63) is 0 Å². The molecule has 32 N–H and O–H groups in total. The van der Waals surface area contributed by atoms with E-state index in [0.29, 0.717) is 0 Å². The van der Waals surface area contributed by atoms with Crippen LogP contribution in [0.2, 0.25) is 0 Å². The Balaban J connectivity index is -0.000000500. The van der Waals surface area contributed by atoms with Gasteiger partial charge in [0.2, 0.25) is 0 Å². The van der Waals surface area contributed by atoms with Crippen molar-refractivity contribution in [1.82, 2.24) is 24.6 Å². The van der Waals surface area contributed by atoms with Crippen molar-refractivity contribution in [2.24, 2.45) is 0 Å². The molecule has 60 heteroatoms. The van der Waals surface area contributed by atoms with Gasteiger partial charge < -0.3 is 183 Å². The lowest BCUT2D eigenvalue weighted by Gasteiger charge is -2.56. The van der Waals surface area contributed by atoms with Crippen molar-refractivity contribution in [1.29, 1.82) is 0 Å². The molecule has 0 aromatic rings.